The van der Waals surface area contributed by atoms with Crippen LogP contribution < -0.4 is 9.86 Å². The number of anilines is 1. The minimum Gasteiger partial charge on any atom is -0.281 e. The second-order valence-corrected chi connectivity index (χ2v) is 7.42. The molecule has 1 rings (SSSR count). The second kappa shape index (κ2) is 4.70. The standard InChI is InChI=1S/C7H9BrN2O4S2/c8-5-15(11,12)10-6-3-1-2-4-7(6)16(9,13)14/h1-4,10H,5H2,(H2,9,13,14). The molecule has 0 saturated heterocycles. The normalized spacial score (nSPS) is 12.4. The monoisotopic (exact) mass is 328 g/mol. The molecule has 0 fully saturated rings. The van der Waals surface area contributed by atoms with Gasteiger partial charge in [-0.15, -0.1) is 0 Å². The molecule has 0 aromatic heterocycles. The third-order valence-corrected chi connectivity index (χ3v) is 5.20. The van der Waals surface area contributed by atoms with Crippen molar-refractivity contribution in [2.24, 2.45) is 5.14 Å². The van der Waals surface area contributed by atoms with Gasteiger partial charge in [0, 0.05) is 0 Å². The topological polar surface area (TPSA) is 106 Å². The molecular weight excluding hydrogens is 320 g/mol. The SMILES string of the molecule is NS(=O)(=O)c1ccccc1NS(=O)(=O)CBr. The van der Waals surface area contributed by atoms with Crippen molar-refractivity contribution in [3.8, 4) is 0 Å². The van der Waals surface area contributed by atoms with Gasteiger partial charge < -0.3 is 0 Å². The summed E-state index contributed by atoms with van der Waals surface area (Å²) in [5.41, 5.74) is -0.0653. The molecule has 0 aliphatic heterocycles. The van der Waals surface area contributed by atoms with Gasteiger partial charge in [0.1, 0.15) is 9.56 Å². The van der Waals surface area contributed by atoms with Crippen molar-refractivity contribution in [2.75, 3.05) is 9.38 Å². The molecule has 0 unspecified atom stereocenters. The molecule has 6 nitrogen and oxygen atoms in total. The van der Waals surface area contributed by atoms with E-state index < -0.39 is 20.0 Å². The molecule has 0 aliphatic carbocycles. The minimum absolute atomic E-state index is 0.0653. The highest BCUT2D eigenvalue weighted by Crippen LogP contribution is 2.20. The summed E-state index contributed by atoms with van der Waals surface area (Å²) in [6.45, 7) is 0. The van der Waals surface area contributed by atoms with Crippen molar-refractivity contribution in [1.82, 2.24) is 0 Å². The maximum atomic E-state index is 11.3. The number of hydrogen-bond donors (Lipinski definition) is 2. The Kier molecular flexibility index (Phi) is 3.94. The van der Waals surface area contributed by atoms with Crippen LogP contribution in [0.1, 0.15) is 0 Å². The number of sulfonamides is 2. The molecule has 0 amide bonds. The molecule has 0 atom stereocenters. The molecule has 3 N–H and O–H groups in total. The largest absolute Gasteiger partial charge is 0.281 e. The van der Waals surface area contributed by atoms with Crippen molar-refractivity contribution in [2.45, 2.75) is 4.90 Å². The summed E-state index contributed by atoms with van der Waals surface area (Å²) in [7, 11) is -7.56. The van der Waals surface area contributed by atoms with Gasteiger partial charge in [-0.05, 0) is 12.1 Å². The van der Waals surface area contributed by atoms with Crippen LogP contribution in [-0.2, 0) is 20.0 Å². The predicted octanol–water partition coefficient (Wildman–Crippen LogP) is 0.428. The number of alkyl halides is 1. The smallest absolute Gasteiger partial charge is 0.242 e. The molecule has 0 bridgehead atoms. The lowest BCUT2D eigenvalue weighted by atomic mass is 10.3. The molecule has 9 heteroatoms. The Bertz CT molecular complexity index is 582. The molecule has 0 heterocycles. The first-order chi connectivity index (χ1) is 7.26. The molecule has 0 radical (unpaired) electrons. The Labute approximate surface area is 102 Å². The molecule has 16 heavy (non-hydrogen) atoms. The number of nitrogens with one attached hydrogen (secondary N) is 1. The summed E-state index contributed by atoms with van der Waals surface area (Å²) in [4.78, 5) is -0.264. The van der Waals surface area contributed by atoms with E-state index in [0.29, 0.717) is 0 Å². The fraction of sp³-hybridized carbons (Fsp3) is 0.143. The first kappa shape index (κ1) is 13.4. The molecule has 0 aliphatic rings. The number of nitrogens with two attached hydrogens (primary N) is 1. The summed E-state index contributed by atoms with van der Waals surface area (Å²) >= 11 is 2.77. The van der Waals surface area contributed by atoms with Crippen molar-refractivity contribution < 1.29 is 16.8 Å². The Balaban J connectivity index is 3.26. The Morgan fingerprint density at radius 2 is 1.75 bits per heavy atom. The fourth-order valence-electron chi connectivity index (χ4n) is 0.994. The lowest BCUT2D eigenvalue weighted by Crippen LogP contribution is -2.18. The highest BCUT2D eigenvalue weighted by Gasteiger charge is 2.16. The molecular formula is C7H9BrN2O4S2. The average Bonchev–Trinajstić information content (AvgIpc) is 2.16. The van der Waals surface area contributed by atoms with Crippen molar-refractivity contribution in [3.63, 3.8) is 0 Å². The zero-order chi connectivity index (χ0) is 12.4. The lowest BCUT2D eigenvalue weighted by Gasteiger charge is -2.09. The van der Waals surface area contributed by atoms with E-state index in [1.807, 2.05) is 0 Å². The highest BCUT2D eigenvalue weighted by molar-refractivity contribution is 9.10. The lowest BCUT2D eigenvalue weighted by molar-refractivity contribution is 0.598. The van der Waals surface area contributed by atoms with Crippen LogP contribution in [-0.4, -0.2) is 21.5 Å². The van der Waals surface area contributed by atoms with E-state index in [9.17, 15) is 16.8 Å². The van der Waals surface area contributed by atoms with Gasteiger partial charge in [0.15, 0.2) is 0 Å². The predicted molar refractivity (Wildman–Crippen MR) is 64.2 cm³/mol. The Morgan fingerprint density at radius 3 is 2.25 bits per heavy atom. The summed E-state index contributed by atoms with van der Waals surface area (Å²) in [5, 5.41) is 4.94. The van der Waals surface area contributed by atoms with Gasteiger partial charge in [-0.25, -0.2) is 22.0 Å². The van der Waals surface area contributed by atoms with Crippen molar-refractivity contribution in [3.05, 3.63) is 24.3 Å². The summed E-state index contributed by atoms with van der Waals surface area (Å²) < 4.78 is 46.6. The first-order valence-electron chi connectivity index (χ1n) is 3.94. The summed E-state index contributed by atoms with van der Waals surface area (Å²) in [5.74, 6) is 0. The summed E-state index contributed by atoms with van der Waals surface area (Å²) in [6.07, 6.45) is 0. The van der Waals surface area contributed by atoms with E-state index in [2.05, 4.69) is 20.7 Å². The van der Waals surface area contributed by atoms with Crippen LogP contribution in [0.5, 0.6) is 0 Å². The van der Waals surface area contributed by atoms with E-state index in [1.54, 1.807) is 0 Å². The number of halogens is 1. The number of benzene rings is 1. The molecule has 1 aromatic carbocycles. The van der Waals surface area contributed by atoms with Gasteiger partial charge in [0.05, 0.1) is 5.69 Å². The second-order valence-electron chi connectivity index (χ2n) is 2.87. The van der Waals surface area contributed by atoms with E-state index in [-0.39, 0.29) is 15.2 Å². The average molecular weight is 329 g/mol. The first-order valence-corrected chi connectivity index (χ1v) is 8.26. The molecule has 0 saturated carbocycles. The Morgan fingerprint density at radius 1 is 1.19 bits per heavy atom. The van der Waals surface area contributed by atoms with Gasteiger partial charge in [-0.3, -0.25) is 4.72 Å². The third-order valence-electron chi connectivity index (χ3n) is 1.60. The quantitative estimate of drug-likeness (QED) is 0.781. The van der Waals surface area contributed by atoms with Crippen LogP contribution in [0.3, 0.4) is 0 Å². The maximum absolute atomic E-state index is 11.3. The summed E-state index contributed by atoms with van der Waals surface area (Å²) in [6, 6.07) is 5.49. The van der Waals surface area contributed by atoms with Crippen LogP contribution in [0.25, 0.3) is 0 Å². The minimum atomic E-state index is -3.96. The highest BCUT2D eigenvalue weighted by atomic mass is 79.9. The number of hydrogen-bond acceptors (Lipinski definition) is 4. The van der Waals surface area contributed by atoms with Gasteiger partial charge in [0.2, 0.25) is 20.0 Å². The van der Waals surface area contributed by atoms with Crippen LogP contribution in [0, 0.1) is 0 Å². The number of primary sulfonamides is 1. The fourth-order valence-corrected chi connectivity index (χ4v) is 2.66. The van der Waals surface area contributed by atoms with E-state index >= 15 is 0 Å². The van der Waals surface area contributed by atoms with E-state index in [0.717, 1.165) is 0 Å². The van der Waals surface area contributed by atoms with Crippen molar-refractivity contribution >= 4 is 41.7 Å². The van der Waals surface area contributed by atoms with Crippen LogP contribution in [0.4, 0.5) is 5.69 Å². The molecule has 0 spiro atoms. The van der Waals surface area contributed by atoms with Gasteiger partial charge in [-0.1, -0.05) is 28.1 Å². The van der Waals surface area contributed by atoms with Crippen LogP contribution in [0.2, 0.25) is 0 Å². The number of rotatable bonds is 4. The molecule has 1 aromatic rings. The zero-order valence-electron chi connectivity index (χ0n) is 7.92. The van der Waals surface area contributed by atoms with Gasteiger partial charge in [-0.2, -0.15) is 0 Å². The van der Waals surface area contributed by atoms with Crippen LogP contribution >= 0.6 is 15.9 Å². The van der Waals surface area contributed by atoms with Crippen molar-refractivity contribution in [1.29, 1.82) is 0 Å². The Hall–Kier alpha value is -0.640. The van der Waals surface area contributed by atoms with E-state index in [4.69, 9.17) is 5.14 Å². The maximum Gasteiger partial charge on any atom is 0.242 e. The van der Waals surface area contributed by atoms with Crippen LogP contribution in [0.15, 0.2) is 29.2 Å². The van der Waals surface area contributed by atoms with E-state index in [1.165, 1.54) is 24.3 Å². The van der Waals surface area contributed by atoms with Gasteiger partial charge in [0.25, 0.3) is 0 Å². The zero-order valence-corrected chi connectivity index (χ0v) is 11.1. The van der Waals surface area contributed by atoms with Gasteiger partial charge >= 0.3 is 0 Å². The molecule has 90 valence electrons. The number of para-hydroxylation sites is 1. The third kappa shape index (κ3) is 3.44.